The summed E-state index contributed by atoms with van der Waals surface area (Å²) in [6, 6.07) is 10.2. The zero-order valence-electron chi connectivity index (χ0n) is 10.2. The summed E-state index contributed by atoms with van der Waals surface area (Å²) >= 11 is 0. The Labute approximate surface area is 97.9 Å². The molecule has 3 rings (SSSR count). The molecule has 1 aromatic carbocycles. The van der Waals surface area contributed by atoms with Crippen molar-refractivity contribution in [1.82, 2.24) is 9.80 Å². The fourth-order valence-corrected chi connectivity index (χ4v) is 2.99. The summed E-state index contributed by atoms with van der Waals surface area (Å²) in [5, 5.41) is 0. The Balaban J connectivity index is 1.65. The Hall–Kier alpha value is -0.860. The first-order chi connectivity index (χ1) is 7.77. The van der Waals surface area contributed by atoms with E-state index in [0.717, 1.165) is 6.04 Å². The molecule has 2 heteroatoms. The monoisotopic (exact) mass is 216 g/mol. The predicted molar refractivity (Wildman–Crippen MR) is 66.6 cm³/mol. The van der Waals surface area contributed by atoms with E-state index in [4.69, 9.17) is 0 Å². The number of nitrogens with zero attached hydrogens (tertiary/aromatic N) is 2. The van der Waals surface area contributed by atoms with Gasteiger partial charge in [0.25, 0.3) is 0 Å². The predicted octanol–water partition coefficient (Wildman–Crippen LogP) is 2.12. The second-order valence-electron chi connectivity index (χ2n) is 5.23. The van der Waals surface area contributed by atoms with Crippen molar-refractivity contribution >= 4 is 0 Å². The number of piperidine rings is 1. The highest BCUT2D eigenvalue weighted by Gasteiger charge is 2.38. The van der Waals surface area contributed by atoms with Crippen LogP contribution in [0.3, 0.4) is 0 Å². The molecule has 2 aliphatic rings. The lowest BCUT2D eigenvalue weighted by Crippen LogP contribution is -2.41. The molecule has 0 unspecified atom stereocenters. The molecule has 1 saturated heterocycles. The minimum Gasteiger partial charge on any atom is -0.306 e. The Morgan fingerprint density at radius 1 is 1.12 bits per heavy atom. The van der Waals surface area contributed by atoms with Crippen LogP contribution in [0.15, 0.2) is 24.3 Å². The number of hydrogen-bond acceptors (Lipinski definition) is 2. The van der Waals surface area contributed by atoms with Crippen LogP contribution >= 0.6 is 0 Å². The van der Waals surface area contributed by atoms with Gasteiger partial charge < -0.3 is 4.90 Å². The first-order valence-corrected chi connectivity index (χ1v) is 6.26. The van der Waals surface area contributed by atoms with E-state index in [-0.39, 0.29) is 0 Å². The van der Waals surface area contributed by atoms with Gasteiger partial charge in [0.1, 0.15) is 0 Å². The third-order valence-electron chi connectivity index (χ3n) is 4.17. The van der Waals surface area contributed by atoms with Crippen molar-refractivity contribution in [2.75, 3.05) is 27.2 Å². The Kier molecular flexibility index (Phi) is 2.49. The third kappa shape index (κ3) is 1.66. The van der Waals surface area contributed by atoms with Crippen LogP contribution in [0.5, 0.6) is 0 Å². The average Bonchev–Trinajstić information content (AvgIpc) is 3.03. The van der Waals surface area contributed by atoms with Crippen molar-refractivity contribution in [1.29, 1.82) is 0 Å². The fraction of sp³-hybridized carbons (Fsp3) is 0.571. The minimum atomic E-state index is 0.628. The van der Waals surface area contributed by atoms with Gasteiger partial charge in [-0.15, -0.1) is 0 Å². The van der Waals surface area contributed by atoms with Crippen LogP contribution in [0.25, 0.3) is 0 Å². The highest BCUT2D eigenvalue weighted by atomic mass is 15.2. The molecular weight excluding hydrogens is 196 g/mol. The first-order valence-electron chi connectivity index (χ1n) is 6.26. The first kappa shape index (κ1) is 10.3. The summed E-state index contributed by atoms with van der Waals surface area (Å²) in [5.74, 6) is 0. The van der Waals surface area contributed by atoms with Crippen LogP contribution in [0.2, 0.25) is 0 Å². The fourth-order valence-electron chi connectivity index (χ4n) is 2.99. The molecule has 16 heavy (non-hydrogen) atoms. The average molecular weight is 216 g/mol. The lowest BCUT2D eigenvalue weighted by atomic mass is 10.0. The van der Waals surface area contributed by atoms with E-state index in [1.165, 1.54) is 25.9 Å². The lowest BCUT2D eigenvalue weighted by molar-refractivity contribution is 0.135. The number of likely N-dealkylation sites (tertiary alicyclic amines) is 1. The van der Waals surface area contributed by atoms with Gasteiger partial charge in [-0.05, 0) is 51.2 Å². The molecule has 1 aliphatic carbocycles. The van der Waals surface area contributed by atoms with Gasteiger partial charge >= 0.3 is 0 Å². The zero-order valence-corrected chi connectivity index (χ0v) is 10.2. The molecule has 0 amide bonds. The zero-order chi connectivity index (χ0) is 11.1. The molecule has 1 aliphatic heterocycles. The molecule has 0 atom stereocenters. The summed E-state index contributed by atoms with van der Waals surface area (Å²) in [5.41, 5.74) is 3.09. The Morgan fingerprint density at radius 2 is 1.69 bits per heavy atom. The van der Waals surface area contributed by atoms with Crippen LogP contribution in [0.1, 0.15) is 30.0 Å². The van der Waals surface area contributed by atoms with Crippen LogP contribution < -0.4 is 0 Å². The molecule has 0 saturated carbocycles. The Morgan fingerprint density at radius 3 is 2.25 bits per heavy atom. The van der Waals surface area contributed by atoms with Crippen LogP contribution in [-0.4, -0.2) is 43.0 Å². The topological polar surface area (TPSA) is 6.48 Å². The summed E-state index contributed by atoms with van der Waals surface area (Å²) in [4.78, 5) is 5.02. The summed E-state index contributed by atoms with van der Waals surface area (Å²) in [7, 11) is 4.52. The number of rotatable bonds is 2. The number of benzene rings is 1. The lowest BCUT2D eigenvalue weighted by Gasteiger charge is -2.35. The molecule has 2 nitrogen and oxygen atoms in total. The molecule has 0 aromatic heterocycles. The molecule has 86 valence electrons. The quantitative estimate of drug-likeness (QED) is 0.747. The van der Waals surface area contributed by atoms with Gasteiger partial charge in [-0.25, -0.2) is 0 Å². The number of hydrogen-bond donors (Lipinski definition) is 0. The minimum absolute atomic E-state index is 0.628. The standard InChI is InChI=1S/C14H20N2/c1-15-9-7-11(8-10-15)16(2)14-12-5-3-4-6-13(12)14/h3-6,11,14H,7-10H2,1-2H3. The van der Waals surface area contributed by atoms with E-state index in [9.17, 15) is 0 Å². The van der Waals surface area contributed by atoms with Gasteiger partial charge in [0, 0.05) is 6.04 Å². The van der Waals surface area contributed by atoms with Gasteiger partial charge in [-0.2, -0.15) is 0 Å². The third-order valence-corrected chi connectivity index (χ3v) is 4.17. The summed E-state index contributed by atoms with van der Waals surface area (Å²) < 4.78 is 0. The molecular formula is C14H20N2. The highest BCUT2D eigenvalue weighted by Crippen LogP contribution is 2.46. The van der Waals surface area contributed by atoms with Gasteiger partial charge in [0.15, 0.2) is 0 Å². The smallest absolute Gasteiger partial charge is 0.0608 e. The largest absolute Gasteiger partial charge is 0.306 e. The van der Waals surface area contributed by atoms with Gasteiger partial charge in [0.2, 0.25) is 0 Å². The Bertz CT molecular complexity index is 357. The maximum Gasteiger partial charge on any atom is 0.0608 e. The van der Waals surface area contributed by atoms with Crippen molar-refractivity contribution in [2.24, 2.45) is 0 Å². The van der Waals surface area contributed by atoms with Gasteiger partial charge in [-0.1, -0.05) is 24.3 Å². The van der Waals surface area contributed by atoms with E-state index < -0.39 is 0 Å². The maximum absolute atomic E-state index is 2.58. The van der Waals surface area contributed by atoms with Gasteiger partial charge in [-0.3, -0.25) is 4.90 Å². The van der Waals surface area contributed by atoms with E-state index in [1.54, 1.807) is 11.1 Å². The van der Waals surface area contributed by atoms with E-state index in [0.29, 0.717) is 6.04 Å². The second-order valence-corrected chi connectivity index (χ2v) is 5.23. The van der Waals surface area contributed by atoms with E-state index >= 15 is 0 Å². The van der Waals surface area contributed by atoms with Crippen LogP contribution in [0, 0.1) is 0 Å². The van der Waals surface area contributed by atoms with Gasteiger partial charge in [0.05, 0.1) is 6.04 Å². The summed E-state index contributed by atoms with van der Waals surface area (Å²) in [6.07, 6.45) is 2.63. The molecule has 0 radical (unpaired) electrons. The van der Waals surface area contributed by atoms with Crippen molar-refractivity contribution in [2.45, 2.75) is 24.9 Å². The van der Waals surface area contributed by atoms with Crippen molar-refractivity contribution in [3.63, 3.8) is 0 Å². The van der Waals surface area contributed by atoms with Crippen molar-refractivity contribution in [3.05, 3.63) is 35.4 Å². The highest BCUT2D eigenvalue weighted by molar-refractivity contribution is 5.51. The van der Waals surface area contributed by atoms with Crippen LogP contribution in [-0.2, 0) is 0 Å². The maximum atomic E-state index is 2.58. The van der Waals surface area contributed by atoms with E-state index in [2.05, 4.69) is 48.2 Å². The van der Waals surface area contributed by atoms with E-state index in [1.807, 2.05) is 0 Å². The van der Waals surface area contributed by atoms with Crippen LogP contribution in [0.4, 0.5) is 0 Å². The number of fused-ring (bicyclic) bond motifs is 1. The molecule has 0 spiro atoms. The normalized spacial score (nSPS) is 22.4. The molecule has 0 bridgehead atoms. The summed E-state index contributed by atoms with van der Waals surface area (Å²) in [6.45, 7) is 2.50. The van der Waals surface area contributed by atoms with Crippen molar-refractivity contribution < 1.29 is 0 Å². The van der Waals surface area contributed by atoms with Crippen molar-refractivity contribution in [3.8, 4) is 0 Å². The molecule has 0 N–H and O–H groups in total. The molecule has 1 aromatic rings. The SMILES string of the molecule is CN1CCC(N(C)C2c3ccccc32)CC1. The molecule has 1 fully saturated rings. The molecule has 1 heterocycles. The second kappa shape index (κ2) is 3.86.